The molecule has 0 atom stereocenters. The molecule has 96 valence electrons. The van der Waals surface area contributed by atoms with Crippen LogP contribution in [0.25, 0.3) is 0 Å². The molecule has 0 aromatic heterocycles. The highest BCUT2D eigenvalue weighted by Crippen LogP contribution is 2.38. The lowest BCUT2D eigenvalue weighted by Crippen LogP contribution is -2.35. The van der Waals surface area contributed by atoms with Crippen LogP contribution in [0.2, 0.25) is 0 Å². The van der Waals surface area contributed by atoms with Crippen LogP contribution in [0.5, 0.6) is 0 Å². The van der Waals surface area contributed by atoms with Crippen molar-refractivity contribution in [1.82, 2.24) is 5.32 Å². The maximum absolute atomic E-state index is 5.60. The molecule has 0 unspecified atom stereocenters. The molecule has 0 amide bonds. The number of hydrogen-bond donors (Lipinski definition) is 1. The Morgan fingerprint density at radius 3 is 2.44 bits per heavy atom. The first-order valence-electron chi connectivity index (χ1n) is 6.54. The molecule has 1 rings (SSSR count). The molecule has 1 saturated carbocycles. The summed E-state index contributed by atoms with van der Waals surface area (Å²) in [5, 5.41) is 3.35. The Labute approximate surface area is 99.9 Å². The summed E-state index contributed by atoms with van der Waals surface area (Å²) >= 11 is 0. The summed E-state index contributed by atoms with van der Waals surface area (Å²) in [6, 6.07) is 0. The van der Waals surface area contributed by atoms with E-state index in [1.807, 2.05) is 0 Å². The van der Waals surface area contributed by atoms with Gasteiger partial charge in [0.1, 0.15) is 0 Å². The zero-order valence-corrected chi connectivity index (χ0v) is 10.9. The smallest absolute Gasteiger partial charge is 0.0700 e. The number of hydrogen-bond acceptors (Lipinski definition) is 3. The van der Waals surface area contributed by atoms with Gasteiger partial charge in [-0.25, -0.2) is 0 Å². The Bertz CT molecular complexity index is 162. The van der Waals surface area contributed by atoms with Gasteiger partial charge < -0.3 is 14.8 Å². The van der Waals surface area contributed by atoms with Crippen LogP contribution in [0, 0.1) is 5.41 Å². The van der Waals surface area contributed by atoms with Crippen molar-refractivity contribution in [3.05, 3.63) is 0 Å². The summed E-state index contributed by atoms with van der Waals surface area (Å²) in [5.41, 5.74) is 0.500. The number of nitrogens with one attached hydrogen (secondary N) is 1. The molecule has 1 fully saturated rings. The molecule has 0 spiro atoms. The maximum Gasteiger partial charge on any atom is 0.0700 e. The van der Waals surface area contributed by atoms with Crippen LogP contribution in [0.15, 0.2) is 0 Å². The van der Waals surface area contributed by atoms with E-state index in [4.69, 9.17) is 9.47 Å². The van der Waals surface area contributed by atoms with Crippen LogP contribution in [-0.4, -0.2) is 40.5 Å². The van der Waals surface area contributed by atoms with Gasteiger partial charge in [0.2, 0.25) is 0 Å². The maximum atomic E-state index is 5.60. The van der Waals surface area contributed by atoms with Gasteiger partial charge in [-0.1, -0.05) is 19.3 Å². The van der Waals surface area contributed by atoms with E-state index in [2.05, 4.69) is 12.4 Å². The van der Waals surface area contributed by atoms with Crippen molar-refractivity contribution in [3.8, 4) is 0 Å². The van der Waals surface area contributed by atoms with Gasteiger partial charge in [-0.2, -0.15) is 0 Å². The first-order valence-corrected chi connectivity index (χ1v) is 6.54. The van der Waals surface area contributed by atoms with Gasteiger partial charge in [0.15, 0.2) is 0 Å². The van der Waals surface area contributed by atoms with Crippen LogP contribution >= 0.6 is 0 Å². The van der Waals surface area contributed by atoms with Crippen LogP contribution in [-0.2, 0) is 9.47 Å². The average molecular weight is 229 g/mol. The Hall–Kier alpha value is -0.120. The van der Waals surface area contributed by atoms with Crippen LogP contribution in [0.3, 0.4) is 0 Å². The Morgan fingerprint density at radius 2 is 1.81 bits per heavy atom. The van der Waals surface area contributed by atoms with E-state index in [-0.39, 0.29) is 0 Å². The van der Waals surface area contributed by atoms with E-state index >= 15 is 0 Å². The largest absolute Gasteiger partial charge is 0.382 e. The first-order chi connectivity index (χ1) is 7.83. The first kappa shape index (κ1) is 13.9. The molecule has 0 aromatic carbocycles. The molecule has 0 bridgehead atoms. The van der Waals surface area contributed by atoms with Crippen molar-refractivity contribution in [2.24, 2.45) is 5.41 Å². The van der Waals surface area contributed by atoms with Crippen molar-refractivity contribution in [3.63, 3.8) is 0 Å². The summed E-state index contributed by atoms with van der Waals surface area (Å²) in [6.45, 7) is 3.46. The highest BCUT2D eigenvalue weighted by Gasteiger charge is 2.30. The lowest BCUT2D eigenvalue weighted by atomic mass is 9.72. The van der Waals surface area contributed by atoms with Crippen molar-refractivity contribution in [1.29, 1.82) is 0 Å². The molecular formula is C13H27NO2. The Balaban J connectivity index is 2.21. The van der Waals surface area contributed by atoms with E-state index in [9.17, 15) is 0 Å². The second-order valence-electron chi connectivity index (χ2n) is 4.95. The normalized spacial score (nSPS) is 19.9. The standard InChI is InChI=1S/C13H27NO2/c1-14-12-13(6-4-3-5-7-13)8-9-16-11-10-15-2/h14H,3-12H2,1-2H3. The predicted molar refractivity (Wildman–Crippen MR) is 66.8 cm³/mol. The monoisotopic (exact) mass is 229 g/mol. The van der Waals surface area contributed by atoms with E-state index in [1.165, 1.54) is 38.5 Å². The van der Waals surface area contributed by atoms with E-state index in [0.29, 0.717) is 12.0 Å². The van der Waals surface area contributed by atoms with Gasteiger partial charge in [0.05, 0.1) is 13.2 Å². The molecular weight excluding hydrogens is 202 g/mol. The fraction of sp³-hybridized carbons (Fsp3) is 1.00. The Kier molecular flexibility index (Phi) is 7.01. The molecule has 0 aromatic rings. The molecule has 0 saturated heterocycles. The van der Waals surface area contributed by atoms with Crippen LogP contribution < -0.4 is 5.32 Å². The van der Waals surface area contributed by atoms with Gasteiger partial charge in [-0.05, 0) is 31.7 Å². The van der Waals surface area contributed by atoms with Crippen molar-refractivity contribution in [2.75, 3.05) is 40.5 Å². The Morgan fingerprint density at radius 1 is 1.06 bits per heavy atom. The molecule has 16 heavy (non-hydrogen) atoms. The summed E-state index contributed by atoms with van der Waals surface area (Å²) in [5.74, 6) is 0. The van der Waals surface area contributed by atoms with Crippen molar-refractivity contribution < 1.29 is 9.47 Å². The van der Waals surface area contributed by atoms with Gasteiger partial charge in [0, 0.05) is 20.3 Å². The third kappa shape index (κ3) is 4.81. The molecule has 3 heteroatoms. The minimum absolute atomic E-state index is 0.500. The number of ether oxygens (including phenoxy) is 2. The van der Waals surface area contributed by atoms with E-state index in [1.54, 1.807) is 7.11 Å². The molecule has 0 heterocycles. The second kappa shape index (κ2) is 8.04. The van der Waals surface area contributed by atoms with Gasteiger partial charge in [-0.15, -0.1) is 0 Å². The zero-order valence-electron chi connectivity index (χ0n) is 10.9. The molecule has 0 aliphatic heterocycles. The lowest BCUT2D eigenvalue weighted by molar-refractivity contribution is 0.0419. The minimum Gasteiger partial charge on any atom is -0.382 e. The summed E-state index contributed by atoms with van der Waals surface area (Å²) in [4.78, 5) is 0. The highest BCUT2D eigenvalue weighted by molar-refractivity contribution is 4.84. The summed E-state index contributed by atoms with van der Waals surface area (Å²) in [7, 11) is 3.77. The molecule has 1 N–H and O–H groups in total. The van der Waals surface area contributed by atoms with Gasteiger partial charge in [-0.3, -0.25) is 0 Å². The molecule has 1 aliphatic carbocycles. The SMILES string of the molecule is CNCC1(CCOCCOC)CCCCC1. The van der Waals surface area contributed by atoms with Crippen LogP contribution in [0.4, 0.5) is 0 Å². The lowest BCUT2D eigenvalue weighted by Gasteiger charge is -2.37. The summed E-state index contributed by atoms with van der Waals surface area (Å²) in [6.07, 6.45) is 8.11. The van der Waals surface area contributed by atoms with Crippen molar-refractivity contribution >= 4 is 0 Å². The quantitative estimate of drug-likeness (QED) is 0.647. The third-order valence-electron chi connectivity index (χ3n) is 3.67. The number of methoxy groups -OCH3 is 1. The fourth-order valence-electron chi connectivity index (χ4n) is 2.72. The van der Waals surface area contributed by atoms with E-state index < -0.39 is 0 Å². The van der Waals surface area contributed by atoms with Gasteiger partial charge >= 0.3 is 0 Å². The fourth-order valence-corrected chi connectivity index (χ4v) is 2.72. The number of rotatable bonds is 8. The van der Waals surface area contributed by atoms with Crippen LogP contribution in [0.1, 0.15) is 38.5 Å². The van der Waals surface area contributed by atoms with Gasteiger partial charge in [0.25, 0.3) is 0 Å². The highest BCUT2D eigenvalue weighted by atomic mass is 16.5. The summed E-state index contributed by atoms with van der Waals surface area (Å²) < 4.78 is 10.6. The third-order valence-corrected chi connectivity index (χ3v) is 3.67. The second-order valence-corrected chi connectivity index (χ2v) is 4.95. The topological polar surface area (TPSA) is 30.5 Å². The minimum atomic E-state index is 0.500. The zero-order chi connectivity index (χ0) is 11.7. The van der Waals surface area contributed by atoms with E-state index in [0.717, 1.165) is 19.8 Å². The average Bonchev–Trinajstić information content (AvgIpc) is 2.30. The van der Waals surface area contributed by atoms with Crippen molar-refractivity contribution in [2.45, 2.75) is 38.5 Å². The molecule has 1 aliphatic rings. The molecule has 0 radical (unpaired) electrons. The molecule has 3 nitrogen and oxygen atoms in total. The predicted octanol–water partition coefficient (Wildman–Crippen LogP) is 2.21.